The molecule has 21 heavy (non-hydrogen) atoms. The molecule has 118 valence electrons. The molecule has 0 radical (unpaired) electrons. The minimum atomic E-state index is -4.47. The zero-order valence-electron chi connectivity index (χ0n) is 11.2. The molecule has 1 aliphatic rings. The summed E-state index contributed by atoms with van der Waals surface area (Å²) >= 11 is 3.05. The maximum absolute atomic E-state index is 12.3. The fraction of sp³-hybridized carbons (Fsp3) is 0.667. The monoisotopic (exact) mass is 368 g/mol. The zero-order valence-corrected chi connectivity index (χ0v) is 12.8. The Balaban J connectivity index is 2.04. The Morgan fingerprint density at radius 2 is 2.10 bits per heavy atom. The molecular weight excluding hydrogens is 353 g/mol. The van der Waals surface area contributed by atoms with E-state index in [1.165, 1.54) is 6.20 Å². The molecule has 2 heterocycles. The van der Waals surface area contributed by atoms with Crippen LogP contribution in [0.3, 0.4) is 0 Å². The summed E-state index contributed by atoms with van der Waals surface area (Å²) < 4.78 is 37.4. The maximum Gasteiger partial charge on any atom is 0.408 e. The zero-order chi connectivity index (χ0) is 15.5. The lowest BCUT2D eigenvalue weighted by molar-refractivity contribution is -0.143. The van der Waals surface area contributed by atoms with E-state index >= 15 is 0 Å². The minimum Gasteiger partial charge on any atom is -0.382 e. The second-order valence-electron chi connectivity index (χ2n) is 5.02. The van der Waals surface area contributed by atoms with Crippen molar-refractivity contribution in [1.29, 1.82) is 0 Å². The van der Waals surface area contributed by atoms with E-state index < -0.39 is 18.3 Å². The fourth-order valence-corrected chi connectivity index (χ4v) is 2.66. The van der Waals surface area contributed by atoms with Crippen LogP contribution in [-0.2, 0) is 6.54 Å². The SMILES string of the molecule is O=c1c(Br)c(NCC2CCNCC2)cnn1CC(F)(F)F. The summed E-state index contributed by atoms with van der Waals surface area (Å²) in [4.78, 5) is 11.8. The van der Waals surface area contributed by atoms with E-state index in [9.17, 15) is 18.0 Å². The number of aromatic nitrogens is 2. The van der Waals surface area contributed by atoms with Gasteiger partial charge in [-0.2, -0.15) is 18.3 Å². The van der Waals surface area contributed by atoms with E-state index in [4.69, 9.17) is 0 Å². The van der Waals surface area contributed by atoms with Crippen LogP contribution in [0.5, 0.6) is 0 Å². The van der Waals surface area contributed by atoms with Gasteiger partial charge in [-0.3, -0.25) is 4.79 Å². The Labute approximate surface area is 128 Å². The van der Waals surface area contributed by atoms with Gasteiger partial charge < -0.3 is 10.6 Å². The second-order valence-corrected chi connectivity index (χ2v) is 5.82. The van der Waals surface area contributed by atoms with Crippen molar-refractivity contribution in [1.82, 2.24) is 15.1 Å². The molecule has 1 saturated heterocycles. The molecular formula is C12H16BrF3N4O. The Morgan fingerprint density at radius 1 is 1.43 bits per heavy atom. The number of rotatable bonds is 4. The van der Waals surface area contributed by atoms with E-state index in [1.54, 1.807) is 0 Å². The molecule has 1 aliphatic heterocycles. The summed E-state index contributed by atoms with van der Waals surface area (Å²) in [5, 5.41) is 9.90. The minimum absolute atomic E-state index is 0.0793. The topological polar surface area (TPSA) is 59.0 Å². The smallest absolute Gasteiger partial charge is 0.382 e. The Hall–Kier alpha value is -1.09. The van der Waals surface area contributed by atoms with Gasteiger partial charge in [0.2, 0.25) is 0 Å². The number of nitrogens with zero attached hydrogens (tertiary/aromatic N) is 2. The Morgan fingerprint density at radius 3 is 2.71 bits per heavy atom. The third kappa shape index (κ3) is 4.70. The van der Waals surface area contributed by atoms with Gasteiger partial charge in [-0.05, 0) is 47.8 Å². The van der Waals surface area contributed by atoms with E-state index in [-0.39, 0.29) is 4.47 Å². The summed E-state index contributed by atoms with van der Waals surface area (Å²) in [7, 11) is 0. The molecule has 0 atom stereocenters. The largest absolute Gasteiger partial charge is 0.408 e. The van der Waals surface area contributed by atoms with Gasteiger partial charge in [-0.1, -0.05) is 0 Å². The molecule has 1 aromatic heterocycles. The number of piperidine rings is 1. The van der Waals surface area contributed by atoms with Crippen LogP contribution in [0.25, 0.3) is 0 Å². The molecule has 2 rings (SSSR count). The molecule has 0 aliphatic carbocycles. The van der Waals surface area contributed by atoms with Crippen molar-refractivity contribution in [2.24, 2.45) is 5.92 Å². The number of alkyl halides is 3. The highest BCUT2D eigenvalue weighted by atomic mass is 79.9. The van der Waals surface area contributed by atoms with Gasteiger partial charge >= 0.3 is 6.18 Å². The van der Waals surface area contributed by atoms with Crippen molar-refractivity contribution in [3.05, 3.63) is 21.0 Å². The van der Waals surface area contributed by atoms with Crippen LogP contribution in [0, 0.1) is 5.92 Å². The lowest BCUT2D eigenvalue weighted by Crippen LogP contribution is -2.33. The normalized spacial score (nSPS) is 17.0. The predicted molar refractivity (Wildman–Crippen MR) is 76.3 cm³/mol. The van der Waals surface area contributed by atoms with Crippen LogP contribution in [0.4, 0.5) is 18.9 Å². The van der Waals surface area contributed by atoms with E-state index in [0.29, 0.717) is 22.8 Å². The fourth-order valence-electron chi connectivity index (χ4n) is 2.21. The summed E-state index contributed by atoms with van der Waals surface area (Å²) in [6.45, 7) is 1.20. The standard InChI is InChI=1S/C12H16BrF3N4O/c13-10-9(18-5-8-1-3-17-4-2-8)6-19-20(11(10)21)7-12(14,15)16/h6,8,17-18H,1-5,7H2. The quantitative estimate of drug-likeness (QED) is 0.852. The van der Waals surface area contributed by atoms with Gasteiger partial charge in [0.15, 0.2) is 0 Å². The summed E-state index contributed by atoms with van der Waals surface area (Å²) in [5.41, 5.74) is -0.361. The van der Waals surface area contributed by atoms with E-state index in [2.05, 4.69) is 31.7 Å². The first-order chi connectivity index (χ1) is 9.87. The van der Waals surface area contributed by atoms with Crippen molar-refractivity contribution in [2.75, 3.05) is 25.0 Å². The van der Waals surface area contributed by atoms with Crippen molar-refractivity contribution in [3.8, 4) is 0 Å². The molecule has 0 bridgehead atoms. The van der Waals surface area contributed by atoms with Crippen LogP contribution >= 0.6 is 15.9 Å². The van der Waals surface area contributed by atoms with Crippen LogP contribution < -0.4 is 16.2 Å². The average molecular weight is 369 g/mol. The van der Waals surface area contributed by atoms with Gasteiger partial charge in [-0.15, -0.1) is 0 Å². The molecule has 0 saturated carbocycles. The molecule has 2 N–H and O–H groups in total. The highest BCUT2D eigenvalue weighted by molar-refractivity contribution is 9.10. The van der Waals surface area contributed by atoms with Crippen molar-refractivity contribution < 1.29 is 13.2 Å². The van der Waals surface area contributed by atoms with Crippen LogP contribution in [0.1, 0.15) is 12.8 Å². The first kappa shape index (κ1) is 16.3. The number of hydrogen-bond donors (Lipinski definition) is 2. The van der Waals surface area contributed by atoms with Crippen LogP contribution in [-0.4, -0.2) is 35.6 Å². The number of halogens is 4. The maximum atomic E-state index is 12.3. The summed E-state index contributed by atoms with van der Waals surface area (Å²) in [6, 6.07) is 0. The molecule has 9 heteroatoms. The first-order valence-corrected chi connectivity index (χ1v) is 7.43. The van der Waals surface area contributed by atoms with E-state index in [1.807, 2.05) is 0 Å². The molecule has 5 nitrogen and oxygen atoms in total. The van der Waals surface area contributed by atoms with Crippen LogP contribution in [0.15, 0.2) is 15.5 Å². The molecule has 0 unspecified atom stereocenters. The van der Waals surface area contributed by atoms with Gasteiger partial charge in [0.25, 0.3) is 5.56 Å². The third-order valence-corrected chi connectivity index (χ3v) is 4.12. The summed E-state index contributed by atoms with van der Waals surface area (Å²) in [5.74, 6) is 0.482. The second kappa shape index (κ2) is 6.78. The number of hydrogen-bond acceptors (Lipinski definition) is 4. The Kier molecular flexibility index (Phi) is 5.26. The first-order valence-electron chi connectivity index (χ1n) is 6.64. The van der Waals surface area contributed by atoms with Crippen molar-refractivity contribution in [3.63, 3.8) is 0 Å². The van der Waals surface area contributed by atoms with Gasteiger partial charge in [0, 0.05) is 6.54 Å². The van der Waals surface area contributed by atoms with Gasteiger partial charge in [0.1, 0.15) is 11.0 Å². The highest BCUT2D eigenvalue weighted by Gasteiger charge is 2.29. The lowest BCUT2D eigenvalue weighted by Gasteiger charge is -2.23. The van der Waals surface area contributed by atoms with Crippen molar-refractivity contribution in [2.45, 2.75) is 25.6 Å². The third-order valence-electron chi connectivity index (χ3n) is 3.35. The van der Waals surface area contributed by atoms with Crippen molar-refractivity contribution >= 4 is 21.6 Å². The van der Waals surface area contributed by atoms with Crippen LogP contribution in [0.2, 0.25) is 0 Å². The van der Waals surface area contributed by atoms with E-state index in [0.717, 1.165) is 25.9 Å². The number of nitrogens with one attached hydrogen (secondary N) is 2. The highest BCUT2D eigenvalue weighted by Crippen LogP contribution is 2.20. The molecule has 0 spiro atoms. The van der Waals surface area contributed by atoms with Gasteiger partial charge in [0.05, 0.1) is 11.9 Å². The predicted octanol–water partition coefficient (Wildman–Crippen LogP) is 1.98. The Bertz CT molecular complexity index is 540. The van der Waals surface area contributed by atoms with Gasteiger partial charge in [-0.25, -0.2) is 4.68 Å². The molecule has 1 aromatic rings. The lowest BCUT2D eigenvalue weighted by atomic mass is 9.98. The number of anilines is 1. The average Bonchev–Trinajstić information content (AvgIpc) is 2.43. The molecule has 1 fully saturated rings. The summed E-state index contributed by atoms with van der Waals surface area (Å²) in [6.07, 6.45) is -1.16. The molecule has 0 aromatic carbocycles. The molecule has 0 amide bonds.